The number of Topliss-reactive ketones (excluding diaryl/α,β-unsaturated/α-hetero) is 1. The van der Waals surface area contributed by atoms with Crippen molar-refractivity contribution in [2.45, 2.75) is 20.3 Å². The third-order valence-electron chi connectivity index (χ3n) is 3.29. The van der Waals surface area contributed by atoms with Crippen molar-refractivity contribution in [1.82, 2.24) is 0 Å². The molecule has 0 N–H and O–H groups in total. The van der Waals surface area contributed by atoms with E-state index >= 15 is 0 Å². The van der Waals surface area contributed by atoms with E-state index < -0.39 is 0 Å². The predicted molar refractivity (Wildman–Crippen MR) is 80.4 cm³/mol. The second kappa shape index (κ2) is 5.77. The molecular weight excluding hydrogens is 279 g/mol. The van der Waals surface area contributed by atoms with E-state index in [9.17, 15) is 4.79 Å². The number of ketones is 1. The molecule has 0 saturated carbocycles. The first-order chi connectivity index (χ1) is 9.00. The maximum atomic E-state index is 12.3. The van der Waals surface area contributed by atoms with E-state index in [1.54, 1.807) is 12.1 Å². The van der Waals surface area contributed by atoms with Crippen molar-refractivity contribution in [3.05, 3.63) is 68.7 Å². The molecule has 2 rings (SSSR count). The lowest BCUT2D eigenvalue weighted by atomic mass is 9.96. The number of hydrogen-bond donors (Lipinski definition) is 0. The normalized spacial score (nSPS) is 10.5. The molecule has 0 aromatic heterocycles. The molecule has 2 aromatic carbocycles. The Labute approximate surface area is 123 Å². The smallest absolute Gasteiger partial charge is 0.167 e. The van der Waals surface area contributed by atoms with Crippen molar-refractivity contribution >= 4 is 29.0 Å². The van der Waals surface area contributed by atoms with Crippen LogP contribution in [0.5, 0.6) is 0 Å². The fourth-order valence-electron chi connectivity index (χ4n) is 2.01. The number of aryl methyl sites for hydroxylation is 1. The number of rotatable bonds is 3. The van der Waals surface area contributed by atoms with E-state index in [-0.39, 0.29) is 12.2 Å². The largest absolute Gasteiger partial charge is 0.294 e. The van der Waals surface area contributed by atoms with E-state index in [0.717, 1.165) is 22.3 Å². The average Bonchev–Trinajstić information content (AvgIpc) is 2.38. The minimum absolute atomic E-state index is 0.0605. The summed E-state index contributed by atoms with van der Waals surface area (Å²) in [7, 11) is 0. The molecule has 0 radical (unpaired) electrons. The van der Waals surface area contributed by atoms with Gasteiger partial charge in [-0.3, -0.25) is 4.79 Å². The van der Waals surface area contributed by atoms with Gasteiger partial charge in [0.15, 0.2) is 5.78 Å². The Balaban J connectivity index is 2.31. The van der Waals surface area contributed by atoms with Crippen LogP contribution in [0, 0.1) is 13.8 Å². The number of carbonyl (C=O) groups is 1. The van der Waals surface area contributed by atoms with Crippen molar-refractivity contribution in [3.63, 3.8) is 0 Å². The average molecular weight is 293 g/mol. The van der Waals surface area contributed by atoms with Gasteiger partial charge in [-0.05, 0) is 36.6 Å². The topological polar surface area (TPSA) is 17.1 Å². The zero-order valence-electron chi connectivity index (χ0n) is 10.8. The third-order valence-corrected chi connectivity index (χ3v) is 4.15. The van der Waals surface area contributed by atoms with Gasteiger partial charge in [-0.2, -0.15) is 0 Å². The lowest BCUT2D eigenvalue weighted by molar-refractivity contribution is 0.0992. The molecule has 0 fully saturated rings. The van der Waals surface area contributed by atoms with Crippen molar-refractivity contribution in [2.24, 2.45) is 0 Å². The molecule has 19 heavy (non-hydrogen) atoms. The summed E-state index contributed by atoms with van der Waals surface area (Å²) in [6.45, 7) is 3.96. The fourth-order valence-corrected chi connectivity index (χ4v) is 2.39. The van der Waals surface area contributed by atoms with Crippen LogP contribution in [-0.2, 0) is 6.42 Å². The summed E-state index contributed by atoms with van der Waals surface area (Å²) in [5.74, 6) is 0.0605. The van der Waals surface area contributed by atoms with Gasteiger partial charge in [0.1, 0.15) is 0 Å². The van der Waals surface area contributed by atoms with Crippen LogP contribution >= 0.6 is 23.2 Å². The van der Waals surface area contributed by atoms with Gasteiger partial charge in [0.05, 0.1) is 10.0 Å². The molecule has 0 unspecified atom stereocenters. The molecule has 0 atom stereocenters. The maximum absolute atomic E-state index is 12.3. The van der Waals surface area contributed by atoms with E-state index in [0.29, 0.717) is 10.0 Å². The highest BCUT2D eigenvalue weighted by molar-refractivity contribution is 6.42. The number of benzene rings is 2. The van der Waals surface area contributed by atoms with Gasteiger partial charge in [0, 0.05) is 12.0 Å². The SMILES string of the molecule is Cc1cccc(C(=O)Cc2cccc(Cl)c2Cl)c1C. The van der Waals surface area contributed by atoms with Crippen LogP contribution in [0.25, 0.3) is 0 Å². The summed E-state index contributed by atoms with van der Waals surface area (Å²) in [5.41, 5.74) is 3.64. The highest BCUT2D eigenvalue weighted by Crippen LogP contribution is 2.27. The van der Waals surface area contributed by atoms with Gasteiger partial charge in [0.25, 0.3) is 0 Å². The highest BCUT2D eigenvalue weighted by atomic mass is 35.5. The highest BCUT2D eigenvalue weighted by Gasteiger charge is 2.13. The second-order valence-corrected chi connectivity index (χ2v) is 5.35. The fraction of sp³-hybridized carbons (Fsp3) is 0.188. The molecule has 0 amide bonds. The number of hydrogen-bond acceptors (Lipinski definition) is 1. The van der Waals surface area contributed by atoms with Gasteiger partial charge >= 0.3 is 0 Å². The molecule has 0 aliphatic carbocycles. The molecule has 0 heterocycles. The van der Waals surface area contributed by atoms with Crippen LogP contribution in [0.1, 0.15) is 27.0 Å². The maximum Gasteiger partial charge on any atom is 0.167 e. The van der Waals surface area contributed by atoms with Crippen LogP contribution < -0.4 is 0 Å². The minimum Gasteiger partial charge on any atom is -0.294 e. The number of halogens is 2. The molecule has 2 aromatic rings. The van der Waals surface area contributed by atoms with Crippen LogP contribution in [0.3, 0.4) is 0 Å². The van der Waals surface area contributed by atoms with E-state index in [1.165, 1.54) is 0 Å². The summed E-state index contributed by atoms with van der Waals surface area (Å²) in [4.78, 5) is 12.3. The molecule has 3 heteroatoms. The molecule has 0 bridgehead atoms. The van der Waals surface area contributed by atoms with Crippen LogP contribution in [0.2, 0.25) is 10.0 Å². The van der Waals surface area contributed by atoms with Gasteiger partial charge in [-0.1, -0.05) is 53.5 Å². The Kier molecular flexibility index (Phi) is 4.28. The Bertz CT molecular complexity index is 633. The Morgan fingerprint density at radius 3 is 2.47 bits per heavy atom. The summed E-state index contributed by atoms with van der Waals surface area (Å²) in [5, 5.41) is 0.941. The summed E-state index contributed by atoms with van der Waals surface area (Å²) >= 11 is 12.1. The molecule has 0 aliphatic heterocycles. The molecular formula is C16H14Cl2O. The third kappa shape index (κ3) is 2.99. The van der Waals surface area contributed by atoms with Crippen LogP contribution in [-0.4, -0.2) is 5.78 Å². The van der Waals surface area contributed by atoms with Crippen molar-refractivity contribution in [2.75, 3.05) is 0 Å². The van der Waals surface area contributed by atoms with Gasteiger partial charge in [-0.25, -0.2) is 0 Å². The van der Waals surface area contributed by atoms with Gasteiger partial charge in [-0.15, -0.1) is 0 Å². The quantitative estimate of drug-likeness (QED) is 0.725. The molecule has 0 spiro atoms. The lowest BCUT2D eigenvalue weighted by Gasteiger charge is -2.09. The zero-order valence-corrected chi connectivity index (χ0v) is 12.3. The van der Waals surface area contributed by atoms with Crippen LogP contribution in [0.4, 0.5) is 0 Å². The van der Waals surface area contributed by atoms with Crippen molar-refractivity contribution in [3.8, 4) is 0 Å². The summed E-state index contributed by atoms with van der Waals surface area (Å²) < 4.78 is 0. The predicted octanol–water partition coefficient (Wildman–Crippen LogP) is 5.04. The molecule has 1 nitrogen and oxygen atoms in total. The van der Waals surface area contributed by atoms with Crippen molar-refractivity contribution in [1.29, 1.82) is 0 Å². The van der Waals surface area contributed by atoms with Gasteiger partial charge < -0.3 is 0 Å². The summed E-state index contributed by atoms with van der Waals surface area (Å²) in [6.07, 6.45) is 0.268. The lowest BCUT2D eigenvalue weighted by Crippen LogP contribution is -2.07. The zero-order chi connectivity index (χ0) is 14.0. The molecule has 0 aliphatic rings. The standard InChI is InChI=1S/C16H14Cl2O/c1-10-5-3-7-13(11(10)2)15(19)9-12-6-4-8-14(17)16(12)18/h3-8H,9H2,1-2H3. The Morgan fingerprint density at radius 1 is 1.05 bits per heavy atom. The van der Waals surface area contributed by atoms with E-state index in [1.807, 2.05) is 38.1 Å². The molecule has 98 valence electrons. The van der Waals surface area contributed by atoms with Crippen molar-refractivity contribution < 1.29 is 4.79 Å². The Morgan fingerprint density at radius 2 is 1.74 bits per heavy atom. The second-order valence-electron chi connectivity index (χ2n) is 4.56. The Hall–Kier alpha value is -1.31. The van der Waals surface area contributed by atoms with Gasteiger partial charge in [0.2, 0.25) is 0 Å². The monoisotopic (exact) mass is 292 g/mol. The first-order valence-electron chi connectivity index (χ1n) is 6.03. The van der Waals surface area contributed by atoms with E-state index in [2.05, 4.69) is 0 Å². The van der Waals surface area contributed by atoms with E-state index in [4.69, 9.17) is 23.2 Å². The number of carbonyl (C=O) groups excluding carboxylic acids is 1. The first-order valence-corrected chi connectivity index (χ1v) is 6.78. The molecule has 0 saturated heterocycles. The summed E-state index contributed by atoms with van der Waals surface area (Å²) in [6, 6.07) is 11.1. The first kappa shape index (κ1) is 14.1. The van der Waals surface area contributed by atoms with Crippen LogP contribution in [0.15, 0.2) is 36.4 Å². The minimum atomic E-state index is 0.0605.